The molecule has 1 aliphatic rings. The predicted octanol–water partition coefficient (Wildman–Crippen LogP) is 1.58. The summed E-state index contributed by atoms with van der Waals surface area (Å²) < 4.78 is 23.1. The molecule has 4 nitrogen and oxygen atoms in total. The van der Waals surface area contributed by atoms with E-state index in [0.717, 1.165) is 19.1 Å². The molecule has 5 heteroatoms. The highest BCUT2D eigenvalue weighted by molar-refractivity contribution is 7.90. The number of terminal acetylenes is 1. The van der Waals surface area contributed by atoms with Crippen LogP contribution in [0.4, 0.5) is 0 Å². The van der Waals surface area contributed by atoms with E-state index in [4.69, 9.17) is 6.42 Å². The van der Waals surface area contributed by atoms with Crippen molar-refractivity contribution in [2.75, 3.05) is 19.3 Å². The number of sulfone groups is 1. The first kappa shape index (κ1) is 14.6. The van der Waals surface area contributed by atoms with Crippen LogP contribution in [-0.4, -0.2) is 38.6 Å². The lowest BCUT2D eigenvalue weighted by Crippen LogP contribution is -2.33. The zero-order chi connectivity index (χ0) is 14.8. The zero-order valence-electron chi connectivity index (χ0n) is 11.4. The summed E-state index contributed by atoms with van der Waals surface area (Å²) in [5.41, 5.74) is 0.365. The van der Waals surface area contributed by atoms with E-state index in [1.54, 1.807) is 17.0 Å². The molecular weight excluding hydrogens is 274 g/mol. The number of hydrogen-bond donors (Lipinski definition) is 0. The van der Waals surface area contributed by atoms with Gasteiger partial charge in [-0.25, -0.2) is 8.42 Å². The Morgan fingerprint density at radius 3 is 2.70 bits per heavy atom. The molecule has 106 valence electrons. The van der Waals surface area contributed by atoms with Crippen molar-refractivity contribution < 1.29 is 13.2 Å². The van der Waals surface area contributed by atoms with Gasteiger partial charge in [0, 0.05) is 18.4 Å². The maximum Gasteiger partial charge on any atom is 0.254 e. The summed E-state index contributed by atoms with van der Waals surface area (Å²) in [6.45, 7) is 0.893. The van der Waals surface area contributed by atoms with Crippen LogP contribution in [0.25, 0.3) is 0 Å². The number of benzene rings is 1. The normalized spacial score (nSPS) is 14.6. The molecule has 0 saturated heterocycles. The molecule has 1 aromatic rings. The molecule has 2 rings (SSSR count). The molecule has 1 saturated carbocycles. The Bertz CT molecular complexity index is 654. The first-order valence-electron chi connectivity index (χ1n) is 6.44. The van der Waals surface area contributed by atoms with Crippen LogP contribution in [0.15, 0.2) is 29.2 Å². The fraction of sp³-hybridized carbons (Fsp3) is 0.400. The van der Waals surface area contributed by atoms with Gasteiger partial charge in [0.15, 0.2) is 9.84 Å². The molecule has 0 heterocycles. The van der Waals surface area contributed by atoms with Gasteiger partial charge >= 0.3 is 0 Å². The molecule has 0 N–H and O–H groups in total. The van der Waals surface area contributed by atoms with Crippen molar-refractivity contribution in [1.29, 1.82) is 0 Å². The lowest BCUT2D eigenvalue weighted by Gasteiger charge is -2.20. The van der Waals surface area contributed by atoms with Crippen LogP contribution in [0.5, 0.6) is 0 Å². The van der Waals surface area contributed by atoms with E-state index < -0.39 is 9.84 Å². The zero-order valence-corrected chi connectivity index (χ0v) is 12.2. The standard InChI is InChI=1S/C15H17NO3S/c1-3-9-16(11-12-7-8-12)15(17)13-5-4-6-14(10-13)20(2,18)19/h1,4-6,10,12H,7-9,11H2,2H3. The maximum absolute atomic E-state index is 12.4. The number of carbonyl (C=O) groups is 1. The quantitative estimate of drug-likeness (QED) is 0.774. The van der Waals surface area contributed by atoms with Gasteiger partial charge in [0.05, 0.1) is 11.4 Å². The van der Waals surface area contributed by atoms with Crippen molar-refractivity contribution in [3.8, 4) is 12.3 Å². The second kappa shape index (κ2) is 5.68. The largest absolute Gasteiger partial charge is 0.327 e. The van der Waals surface area contributed by atoms with Crippen LogP contribution in [-0.2, 0) is 9.84 Å². The molecule has 0 atom stereocenters. The minimum atomic E-state index is -3.32. The van der Waals surface area contributed by atoms with Crippen LogP contribution < -0.4 is 0 Å². The molecule has 20 heavy (non-hydrogen) atoms. The van der Waals surface area contributed by atoms with Gasteiger partial charge in [-0.2, -0.15) is 0 Å². The highest BCUT2D eigenvalue weighted by atomic mass is 32.2. The Morgan fingerprint density at radius 2 is 2.15 bits per heavy atom. The Labute approximate surface area is 119 Å². The second-order valence-corrected chi connectivity index (χ2v) is 7.15. The molecule has 0 aromatic heterocycles. The summed E-state index contributed by atoms with van der Waals surface area (Å²) in [5, 5.41) is 0. The molecule has 0 bridgehead atoms. The fourth-order valence-corrected chi connectivity index (χ4v) is 2.65. The SMILES string of the molecule is C#CCN(CC1CC1)C(=O)c1cccc(S(C)(=O)=O)c1. The van der Waals surface area contributed by atoms with Crippen molar-refractivity contribution in [2.45, 2.75) is 17.7 Å². The average Bonchev–Trinajstić information content (AvgIpc) is 3.20. The lowest BCUT2D eigenvalue weighted by atomic mass is 10.2. The van der Waals surface area contributed by atoms with Gasteiger partial charge in [0.25, 0.3) is 5.91 Å². The molecule has 0 unspecified atom stereocenters. The Kier molecular flexibility index (Phi) is 4.15. The molecule has 1 aromatic carbocycles. The van der Waals surface area contributed by atoms with Crippen LogP contribution >= 0.6 is 0 Å². The highest BCUT2D eigenvalue weighted by Crippen LogP contribution is 2.30. The summed E-state index contributed by atoms with van der Waals surface area (Å²) in [7, 11) is -3.32. The monoisotopic (exact) mass is 291 g/mol. The van der Waals surface area contributed by atoms with E-state index in [0.29, 0.717) is 18.0 Å². The maximum atomic E-state index is 12.4. The van der Waals surface area contributed by atoms with Crippen molar-refractivity contribution in [3.63, 3.8) is 0 Å². The topological polar surface area (TPSA) is 54.5 Å². The minimum Gasteiger partial charge on any atom is -0.327 e. The number of nitrogens with zero attached hydrogens (tertiary/aromatic N) is 1. The first-order chi connectivity index (χ1) is 9.41. The van der Waals surface area contributed by atoms with Crippen molar-refractivity contribution in [1.82, 2.24) is 4.90 Å². The van der Waals surface area contributed by atoms with Crippen molar-refractivity contribution in [3.05, 3.63) is 29.8 Å². The van der Waals surface area contributed by atoms with Gasteiger partial charge in [-0.1, -0.05) is 12.0 Å². The van der Waals surface area contributed by atoms with Gasteiger partial charge in [-0.15, -0.1) is 6.42 Å². The minimum absolute atomic E-state index is 0.149. The van der Waals surface area contributed by atoms with Crippen LogP contribution in [0.3, 0.4) is 0 Å². The van der Waals surface area contributed by atoms with E-state index in [-0.39, 0.29) is 17.3 Å². The van der Waals surface area contributed by atoms with Gasteiger partial charge in [-0.05, 0) is 37.0 Å². The van der Waals surface area contributed by atoms with Crippen molar-refractivity contribution in [2.24, 2.45) is 5.92 Å². The first-order valence-corrected chi connectivity index (χ1v) is 8.34. The fourth-order valence-electron chi connectivity index (χ4n) is 1.98. The average molecular weight is 291 g/mol. The van der Waals surface area contributed by atoms with Gasteiger partial charge in [0.1, 0.15) is 0 Å². The molecule has 1 fully saturated rings. The summed E-state index contributed by atoms with van der Waals surface area (Å²) in [5.74, 6) is 2.81. The van der Waals surface area contributed by atoms with Crippen LogP contribution in [0.2, 0.25) is 0 Å². The van der Waals surface area contributed by atoms with E-state index in [1.165, 1.54) is 12.1 Å². The smallest absolute Gasteiger partial charge is 0.254 e. The summed E-state index contributed by atoms with van der Waals surface area (Å²) in [6.07, 6.45) is 8.67. The summed E-state index contributed by atoms with van der Waals surface area (Å²) in [6, 6.07) is 6.09. The van der Waals surface area contributed by atoms with Crippen LogP contribution in [0, 0.1) is 18.3 Å². The lowest BCUT2D eigenvalue weighted by molar-refractivity contribution is 0.0769. The summed E-state index contributed by atoms with van der Waals surface area (Å²) in [4.78, 5) is 14.2. The van der Waals surface area contributed by atoms with Gasteiger partial charge in [0.2, 0.25) is 0 Å². The predicted molar refractivity (Wildman–Crippen MR) is 77.0 cm³/mol. The third kappa shape index (κ3) is 3.61. The molecule has 0 spiro atoms. The molecule has 1 aliphatic carbocycles. The third-order valence-corrected chi connectivity index (χ3v) is 4.36. The molecule has 1 amide bonds. The van der Waals surface area contributed by atoms with Crippen LogP contribution in [0.1, 0.15) is 23.2 Å². The number of carbonyl (C=O) groups excluding carboxylic acids is 1. The Morgan fingerprint density at radius 1 is 1.45 bits per heavy atom. The van der Waals surface area contributed by atoms with E-state index >= 15 is 0 Å². The number of hydrogen-bond acceptors (Lipinski definition) is 3. The molecule has 0 radical (unpaired) electrons. The van der Waals surface area contributed by atoms with E-state index in [2.05, 4.69) is 5.92 Å². The highest BCUT2D eigenvalue weighted by Gasteiger charge is 2.27. The third-order valence-electron chi connectivity index (χ3n) is 3.25. The van der Waals surface area contributed by atoms with E-state index in [9.17, 15) is 13.2 Å². The molecular formula is C15H17NO3S. The number of amides is 1. The summed E-state index contributed by atoms with van der Waals surface area (Å²) >= 11 is 0. The van der Waals surface area contributed by atoms with Gasteiger partial charge in [-0.3, -0.25) is 4.79 Å². The molecule has 0 aliphatic heterocycles. The second-order valence-electron chi connectivity index (χ2n) is 5.13. The van der Waals surface area contributed by atoms with E-state index in [1.807, 2.05) is 0 Å². The van der Waals surface area contributed by atoms with Gasteiger partial charge < -0.3 is 4.90 Å². The van der Waals surface area contributed by atoms with Crippen molar-refractivity contribution >= 4 is 15.7 Å². The number of rotatable bonds is 5. The Balaban J connectivity index is 2.24. The Hall–Kier alpha value is -1.80.